The van der Waals surface area contributed by atoms with E-state index in [9.17, 15) is 0 Å². The van der Waals surface area contributed by atoms with Crippen LogP contribution in [-0.2, 0) is 0 Å². The first-order chi connectivity index (χ1) is 37.2. The maximum Gasteiger partial charge on any atom is 0.179 e. The van der Waals surface area contributed by atoms with Crippen molar-refractivity contribution < 1.29 is 0 Å². The van der Waals surface area contributed by atoms with Gasteiger partial charge in [0.1, 0.15) is 5.82 Å². The second kappa shape index (κ2) is 18.3. The number of aromatic nitrogens is 3. The molecular weight excluding hydrogens is 939 g/mol. The molecule has 0 bridgehead atoms. The van der Waals surface area contributed by atoms with Crippen molar-refractivity contribution >= 4 is 79.4 Å². The van der Waals surface area contributed by atoms with E-state index in [1.807, 2.05) is 0 Å². The van der Waals surface area contributed by atoms with Gasteiger partial charge in [0, 0.05) is 27.5 Å². The van der Waals surface area contributed by atoms with E-state index >= 15 is 0 Å². The Kier molecular flexibility index (Phi) is 10.9. The van der Waals surface area contributed by atoms with Gasteiger partial charge in [0.05, 0.1) is 22.3 Å². The Balaban J connectivity index is 1.10. The Morgan fingerprint density at radius 2 is 0.653 bits per heavy atom. The van der Waals surface area contributed by atoms with E-state index in [1.54, 1.807) is 0 Å². The lowest BCUT2D eigenvalue weighted by Gasteiger charge is -2.34. The highest BCUT2D eigenvalue weighted by molar-refractivity contribution is 7.20. The lowest BCUT2D eigenvalue weighted by atomic mass is 9.92. The average molecular weight is 988 g/mol. The average Bonchev–Trinajstić information content (AvgIpc) is 3.80. The van der Waals surface area contributed by atoms with E-state index in [2.05, 4.69) is 302 Å². The van der Waals surface area contributed by atoms with Gasteiger partial charge in [-0.3, -0.25) is 4.57 Å². The van der Waals surface area contributed by atoms with Crippen molar-refractivity contribution in [2.24, 2.45) is 0 Å². The quantitative estimate of drug-likeness (QED) is 0.101. The summed E-state index contributed by atoms with van der Waals surface area (Å²) in [5, 5.41) is 12.9. The van der Waals surface area contributed by atoms with E-state index < -0.39 is 16.1 Å². The molecule has 352 valence electrons. The molecule has 75 heavy (non-hydrogen) atoms. The molecular formula is C70H49N3Si2. The number of para-hydroxylation sites is 2. The molecule has 0 fully saturated rings. The van der Waals surface area contributed by atoms with Crippen LogP contribution in [0.25, 0.3) is 72.5 Å². The Labute approximate surface area is 439 Å². The van der Waals surface area contributed by atoms with Gasteiger partial charge >= 0.3 is 0 Å². The molecule has 14 rings (SSSR count). The third kappa shape index (κ3) is 7.00. The van der Waals surface area contributed by atoms with Crippen molar-refractivity contribution in [3.63, 3.8) is 0 Å². The summed E-state index contributed by atoms with van der Waals surface area (Å²) in [6, 6.07) is 110. The van der Waals surface area contributed by atoms with Crippen molar-refractivity contribution in [1.82, 2.24) is 14.5 Å². The van der Waals surface area contributed by atoms with Gasteiger partial charge in [-0.1, -0.05) is 291 Å². The molecule has 0 radical (unpaired) electrons. The maximum atomic E-state index is 5.95. The summed E-state index contributed by atoms with van der Waals surface area (Å²) in [6.45, 7) is 0. The molecule has 11 aromatic carbocycles. The monoisotopic (exact) mass is 987 g/mol. The molecule has 0 saturated heterocycles. The van der Waals surface area contributed by atoms with Crippen LogP contribution in [0.2, 0.25) is 0 Å². The smallest absolute Gasteiger partial charge is 0.179 e. The first kappa shape index (κ1) is 44.4. The zero-order chi connectivity index (χ0) is 49.8. The Hall–Kier alpha value is -9.27. The Bertz CT molecular complexity index is 4030. The first-order valence-electron chi connectivity index (χ1n) is 25.8. The highest BCUT2D eigenvalue weighted by Gasteiger charge is 2.43. The molecule has 1 aliphatic rings. The van der Waals surface area contributed by atoms with Crippen LogP contribution in [0.15, 0.2) is 297 Å². The van der Waals surface area contributed by atoms with Gasteiger partial charge in [-0.25, -0.2) is 9.97 Å². The molecule has 0 aliphatic carbocycles. The van der Waals surface area contributed by atoms with Crippen molar-refractivity contribution in [1.29, 1.82) is 0 Å². The summed E-state index contributed by atoms with van der Waals surface area (Å²) in [7, 11) is -5.86. The normalized spacial score (nSPS) is 12.0. The van der Waals surface area contributed by atoms with E-state index in [1.165, 1.54) is 57.8 Å². The van der Waals surface area contributed by atoms with Gasteiger partial charge in [-0.2, -0.15) is 0 Å². The molecule has 5 heteroatoms. The van der Waals surface area contributed by atoms with E-state index in [4.69, 9.17) is 9.97 Å². The number of hydrogen-bond donors (Lipinski definition) is 0. The van der Waals surface area contributed by atoms with Gasteiger partial charge in [0.15, 0.2) is 22.0 Å². The van der Waals surface area contributed by atoms with Crippen molar-refractivity contribution in [2.75, 3.05) is 0 Å². The molecule has 0 spiro atoms. The highest BCUT2D eigenvalue weighted by atomic mass is 28.3. The molecule has 13 aromatic rings. The van der Waals surface area contributed by atoms with E-state index in [0.717, 1.165) is 50.4 Å². The van der Waals surface area contributed by atoms with E-state index in [-0.39, 0.29) is 0 Å². The van der Waals surface area contributed by atoms with Gasteiger partial charge < -0.3 is 0 Å². The summed E-state index contributed by atoms with van der Waals surface area (Å²) in [6.07, 6.45) is 0. The van der Waals surface area contributed by atoms with Crippen LogP contribution in [0, 0.1) is 0 Å². The topological polar surface area (TPSA) is 30.7 Å². The lowest BCUT2D eigenvalue weighted by molar-refractivity contribution is 1.06. The molecule has 0 atom stereocenters. The minimum absolute atomic E-state index is 0.675. The molecule has 0 unspecified atom stereocenters. The summed E-state index contributed by atoms with van der Waals surface area (Å²) >= 11 is 0. The second-order valence-electron chi connectivity index (χ2n) is 19.6. The first-order valence-corrected chi connectivity index (χ1v) is 29.8. The van der Waals surface area contributed by atoms with Crippen LogP contribution in [-0.4, -0.2) is 30.7 Å². The second-order valence-corrected chi connectivity index (χ2v) is 27.2. The zero-order valence-corrected chi connectivity index (χ0v) is 43.1. The summed E-state index contributed by atoms with van der Waals surface area (Å²) in [5.74, 6) is 1.54. The van der Waals surface area contributed by atoms with Gasteiger partial charge in [-0.05, 0) is 58.7 Å². The largest absolute Gasteiger partial charge is 0.292 e. The Morgan fingerprint density at radius 3 is 1.16 bits per heavy atom. The fraction of sp³-hybridized carbons (Fsp3) is 0. The molecule has 3 nitrogen and oxygen atoms in total. The van der Waals surface area contributed by atoms with Crippen LogP contribution >= 0.6 is 0 Å². The predicted molar refractivity (Wildman–Crippen MR) is 319 cm³/mol. The number of nitrogens with zero attached hydrogens (tertiary/aromatic N) is 3. The number of fused-ring (bicyclic) bond motifs is 8. The molecule has 0 amide bonds. The van der Waals surface area contributed by atoms with Crippen LogP contribution in [0.5, 0.6) is 0 Å². The third-order valence-corrected chi connectivity index (χ3v) is 25.2. The van der Waals surface area contributed by atoms with Crippen LogP contribution in [0.4, 0.5) is 0 Å². The molecule has 0 saturated carbocycles. The minimum Gasteiger partial charge on any atom is -0.292 e. The van der Waals surface area contributed by atoms with E-state index in [0.29, 0.717) is 5.82 Å². The molecule has 3 heterocycles. The number of benzene rings is 11. The number of rotatable bonds is 10. The lowest BCUT2D eigenvalue weighted by Crippen LogP contribution is -2.74. The summed E-state index contributed by atoms with van der Waals surface area (Å²) in [4.78, 5) is 11.9. The molecule has 2 aromatic heterocycles. The zero-order valence-electron chi connectivity index (χ0n) is 41.1. The van der Waals surface area contributed by atoms with Crippen LogP contribution in [0.1, 0.15) is 0 Å². The maximum absolute atomic E-state index is 5.95. The number of hydrogen-bond acceptors (Lipinski definition) is 2. The highest BCUT2D eigenvalue weighted by Crippen LogP contribution is 2.49. The fourth-order valence-electron chi connectivity index (χ4n) is 12.5. The molecule has 1 aliphatic heterocycles. The summed E-state index contributed by atoms with van der Waals surface area (Å²) < 4.78 is 2.44. The summed E-state index contributed by atoms with van der Waals surface area (Å²) in [5.41, 5.74) is 9.61. The van der Waals surface area contributed by atoms with Gasteiger partial charge in [-0.15, -0.1) is 0 Å². The van der Waals surface area contributed by atoms with Crippen molar-refractivity contribution in [3.05, 3.63) is 297 Å². The molecule has 0 N–H and O–H groups in total. The minimum atomic E-state index is -2.94. The fourth-order valence-corrected chi connectivity index (χ4v) is 22.1. The Morgan fingerprint density at radius 1 is 0.280 bits per heavy atom. The van der Waals surface area contributed by atoms with Crippen LogP contribution in [0.3, 0.4) is 0 Å². The van der Waals surface area contributed by atoms with Gasteiger partial charge in [0.25, 0.3) is 0 Å². The van der Waals surface area contributed by atoms with Crippen molar-refractivity contribution in [3.8, 4) is 50.7 Å². The standard InChI is InChI=1S/C70H49N3Si2/c1-7-28-52(29-8-1)74(53-30-9-2-10-31-53,54-32-11-3-12-33-54)58-40-23-26-50(48-58)67-66-62-44-20-19-42-60(62)63-45-25-46-64-61-43-21-22-47-65(61)73(68(63)64)70(66)72-69(71-67)51-27-24-41-59(49-51)75(55-34-13-4-14-35-55,56-36-15-5-16-37-56)57-38-17-6-18-39-57/h1-49H. The van der Waals surface area contributed by atoms with Crippen LogP contribution < -0.4 is 41.5 Å². The predicted octanol–water partition coefficient (Wildman–Crippen LogP) is 11.3. The van der Waals surface area contributed by atoms with Crippen molar-refractivity contribution in [2.45, 2.75) is 0 Å². The SMILES string of the molecule is c1ccc([Si](c2ccccc2)(c2ccccc2)c2cccc(-c3nc(-c4cccc([Si](c5ccccc5)(c5ccccc5)c5ccccc5)c4)c4c(n3)-n3c5ccccc5c5cccc(c53)-c3ccccc3-4)c2)cc1. The third-order valence-electron chi connectivity index (χ3n) is 15.6. The van der Waals surface area contributed by atoms with Gasteiger partial charge in [0.2, 0.25) is 0 Å².